The molecule has 0 saturated carbocycles. The monoisotopic (exact) mass is 387 g/mol. The van der Waals surface area contributed by atoms with E-state index in [9.17, 15) is 4.79 Å². The first kappa shape index (κ1) is 19.4. The Morgan fingerprint density at radius 3 is 2.74 bits per heavy atom. The van der Waals surface area contributed by atoms with E-state index in [-0.39, 0.29) is 18.3 Å². The number of nitrogens with zero attached hydrogens (tertiary/aromatic N) is 2. The van der Waals surface area contributed by atoms with Gasteiger partial charge in [0.1, 0.15) is 5.75 Å². The minimum atomic E-state index is 0. The van der Waals surface area contributed by atoms with E-state index in [0.717, 1.165) is 61.6 Å². The van der Waals surface area contributed by atoms with Gasteiger partial charge in [0.2, 0.25) is 5.91 Å². The number of hydrogen-bond donors (Lipinski definition) is 1. The molecule has 1 amide bonds. The van der Waals surface area contributed by atoms with Crippen molar-refractivity contribution in [1.82, 2.24) is 0 Å². The molecular weight excluding hydrogens is 362 g/mol. The van der Waals surface area contributed by atoms with Crippen LogP contribution in [0.5, 0.6) is 5.75 Å². The van der Waals surface area contributed by atoms with Gasteiger partial charge in [-0.15, -0.1) is 12.4 Å². The largest absolute Gasteiger partial charge is 0.497 e. The summed E-state index contributed by atoms with van der Waals surface area (Å²) in [5.41, 5.74) is 11.5. The summed E-state index contributed by atoms with van der Waals surface area (Å²) in [6, 6.07) is 12.0. The topological polar surface area (TPSA) is 58.8 Å². The number of methoxy groups -OCH3 is 1. The molecule has 0 spiro atoms. The van der Waals surface area contributed by atoms with Crippen LogP contribution in [0.3, 0.4) is 0 Å². The van der Waals surface area contributed by atoms with Crippen molar-refractivity contribution < 1.29 is 9.53 Å². The highest BCUT2D eigenvalue weighted by atomic mass is 35.5. The van der Waals surface area contributed by atoms with Gasteiger partial charge in [0.05, 0.1) is 13.7 Å². The van der Waals surface area contributed by atoms with Gasteiger partial charge >= 0.3 is 0 Å². The van der Waals surface area contributed by atoms with Crippen LogP contribution in [0.4, 0.5) is 17.1 Å². The molecule has 0 fully saturated rings. The van der Waals surface area contributed by atoms with Gasteiger partial charge in [0, 0.05) is 30.2 Å². The SMILES string of the molecule is COc1ccc2c(c1)CCCN2C(=O)CN1CCCc2c(N)cccc21.Cl. The number of hydrogen-bond acceptors (Lipinski definition) is 4. The maximum Gasteiger partial charge on any atom is 0.246 e. The quantitative estimate of drug-likeness (QED) is 0.820. The van der Waals surface area contributed by atoms with E-state index in [1.54, 1.807) is 7.11 Å². The first-order chi connectivity index (χ1) is 12.7. The van der Waals surface area contributed by atoms with Crippen molar-refractivity contribution >= 4 is 35.4 Å². The van der Waals surface area contributed by atoms with Crippen LogP contribution >= 0.6 is 12.4 Å². The van der Waals surface area contributed by atoms with Gasteiger partial charge in [0.25, 0.3) is 0 Å². The van der Waals surface area contributed by atoms with Crippen molar-refractivity contribution in [3.8, 4) is 5.75 Å². The molecule has 144 valence electrons. The number of halogens is 1. The predicted molar refractivity (Wildman–Crippen MR) is 112 cm³/mol. The first-order valence-electron chi connectivity index (χ1n) is 9.27. The maximum atomic E-state index is 13.1. The number of aryl methyl sites for hydroxylation is 1. The van der Waals surface area contributed by atoms with Crippen molar-refractivity contribution in [2.24, 2.45) is 0 Å². The summed E-state index contributed by atoms with van der Waals surface area (Å²) in [7, 11) is 1.67. The number of fused-ring (bicyclic) bond motifs is 2. The minimum Gasteiger partial charge on any atom is -0.497 e. The Labute approximate surface area is 166 Å². The van der Waals surface area contributed by atoms with E-state index in [4.69, 9.17) is 10.5 Å². The molecule has 0 atom stereocenters. The summed E-state index contributed by atoms with van der Waals surface area (Å²) < 4.78 is 5.32. The van der Waals surface area contributed by atoms with Crippen LogP contribution in [0.1, 0.15) is 24.0 Å². The van der Waals surface area contributed by atoms with Crippen molar-refractivity contribution in [3.05, 3.63) is 47.5 Å². The van der Waals surface area contributed by atoms with Crippen LogP contribution in [-0.4, -0.2) is 32.7 Å². The lowest BCUT2D eigenvalue weighted by Gasteiger charge is -2.35. The third kappa shape index (κ3) is 3.69. The minimum absolute atomic E-state index is 0. The zero-order chi connectivity index (χ0) is 18.1. The van der Waals surface area contributed by atoms with Crippen molar-refractivity contribution in [1.29, 1.82) is 0 Å². The van der Waals surface area contributed by atoms with Crippen LogP contribution in [-0.2, 0) is 17.6 Å². The Morgan fingerprint density at radius 2 is 1.93 bits per heavy atom. The van der Waals surface area contributed by atoms with Crippen molar-refractivity contribution in [2.75, 3.05) is 42.3 Å². The molecule has 0 aromatic heterocycles. The molecular formula is C21H26ClN3O2. The average molecular weight is 388 g/mol. The van der Waals surface area contributed by atoms with Crippen LogP contribution < -0.4 is 20.3 Å². The first-order valence-corrected chi connectivity index (χ1v) is 9.27. The zero-order valence-corrected chi connectivity index (χ0v) is 16.4. The van der Waals surface area contributed by atoms with Gasteiger partial charge in [-0.05, 0) is 67.1 Å². The van der Waals surface area contributed by atoms with Gasteiger partial charge in [-0.25, -0.2) is 0 Å². The summed E-state index contributed by atoms with van der Waals surface area (Å²) in [6.07, 6.45) is 3.98. The highest BCUT2D eigenvalue weighted by molar-refractivity contribution is 5.98. The smallest absolute Gasteiger partial charge is 0.246 e. The normalized spacial score (nSPS) is 15.4. The number of carbonyl (C=O) groups excluding carboxylic acids is 1. The second-order valence-electron chi connectivity index (χ2n) is 7.01. The molecule has 0 bridgehead atoms. The number of amides is 1. The number of rotatable bonds is 3. The molecule has 2 aliphatic heterocycles. The molecule has 0 aliphatic carbocycles. The number of nitrogen functional groups attached to an aromatic ring is 1. The molecule has 2 heterocycles. The van der Waals surface area contributed by atoms with E-state index >= 15 is 0 Å². The van der Waals surface area contributed by atoms with Crippen molar-refractivity contribution in [3.63, 3.8) is 0 Å². The molecule has 0 unspecified atom stereocenters. The van der Waals surface area contributed by atoms with Crippen LogP contribution in [0.25, 0.3) is 0 Å². The number of anilines is 3. The average Bonchev–Trinajstić information content (AvgIpc) is 2.67. The fraction of sp³-hybridized carbons (Fsp3) is 0.381. The molecule has 2 aliphatic rings. The molecule has 6 heteroatoms. The van der Waals surface area contributed by atoms with Gasteiger partial charge in [-0.2, -0.15) is 0 Å². The van der Waals surface area contributed by atoms with Gasteiger partial charge in [0.15, 0.2) is 0 Å². The molecule has 27 heavy (non-hydrogen) atoms. The molecule has 2 N–H and O–H groups in total. The molecule has 0 radical (unpaired) electrons. The van der Waals surface area contributed by atoms with Crippen LogP contribution in [0, 0.1) is 0 Å². The highest BCUT2D eigenvalue weighted by Gasteiger charge is 2.26. The standard InChI is InChI=1S/C21H25N3O2.ClH/c1-26-16-9-10-19-15(13-16)5-3-12-24(19)21(25)14-23-11-4-6-17-18(22)7-2-8-20(17)23;/h2,7-10,13H,3-6,11-12,14,22H2,1H3;1H. The van der Waals surface area contributed by atoms with Crippen molar-refractivity contribution in [2.45, 2.75) is 25.7 Å². The second-order valence-corrected chi connectivity index (χ2v) is 7.01. The number of carbonyl (C=O) groups is 1. The lowest BCUT2D eigenvalue weighted by molar-refractivity contribution is -0.117. The number of ether oxygens (including phenoxy) is 1. The van der Waals surface area contributed by atoms with Gasteiger partial charge < -0.3 is 20.3 Å². The maximum absolute atomic E-state index is 13.1. The summed E-state index contributed by atoms with van der Waals surface area (Å²) in [5, 5.41) is 0. The Morgan fingerprint density at radius 1 is 1.11 bits per heavy atom. The van der Waals surface area contributed by atoms with Gasteiger partial charge in [-0.3, -0.25) is 4.79 Å². The lowest BCUT2D eigenvalue weighted by Crippen LogP contribution is -2.44. The Bertz CT molecular complexity index is 840. The van der Waals surface area contributed by atoms with E-state index in [1.165, 1.54) is 11.1 Å². The van der Waals surface area contributed by atoms with Gasteiger partial charge in [-0.1, -0.05) is 6.07 Å². The number of benzene rings is 2. The van der Waals surface area contributed by atoms with E-state index in [0.29, 0.717) is 6.54 Å². The Kier molecular flexibility index (Phi) is 5.80. The van der Waals surface area contributed by atoms with E-state index < -0.39 is 0 Å². The van der Waals surface area contributed by atoms with Crippen LogP contribution in [0.2, 0.25) is 0 Å². The summed E-state index contributed by atoms with van der Waals surface area (Å²) >= 11 is 0. The molecule has 4 rings (SSSR count). The summed E-state index contributed by atoms with van der Waals surface area (Å²) in [6.45, 7) is 2.06. The Hall–Kier alpha value is -2.40. The fourth-order valence-corrected chi connectivity index (χ4v) is 4.10. The number of nitrogens with two attached hydrogens (primary N) is 1. The third-order valence-corrected chi connectivity index (χ3v) is 5.42. The predicted octanol–water partition coefficient (Wildman–Crippen LogP) is 3.43. The molecule has 2 aromatic carbocycles. The third-order valence-electron chi connectivity index (χ3n) is 5.42. The zero-order valence-electron chi connectivity index (χ0n) is 15.6. The Balaban J connectivity index is 0.00000210. The van der Waals surface area contributed by atoms with Crippen LogP contribution in [0.15, 0.2) is 36.4 Å². The summed E-state index contributed by atoms with van der Waals surface area (Å²) in [4.78, 5) is 17.2. The van der Waals surface area contributed by atoms with E-state index in [2.05, 4.69) is 11.0 Å². The lowest BCUT2D eigenvalue weighted by atomic mass is 9.99. The summed E-state index contributed by atoms with van der Waals surface area (Å²) in [5.74, 6) is 0.991. The van der Waals surface area contributed by atoms with E-state index in [1.807, 2.05) is 35.2 Å². The molecule has 5 nitrogen and oxygen atoms in total. The second kappa shape index (κ2) is 8.09. The molecule has 2 aromatic rings. The highest BCUT2D eigenvalue weighted by Crippen LogP contribution is 2.33. The fourth-order valence-electron chi connectivity index (χ4n) is 4.10. The molecule has 0 saturated heterocycles.